The normalized spacial score (nSPS) is 28.0. The largest absolute Gasteiger partial charge is 0.480 e. The fourth-order valence-electron chi connectivity index (χ4n) is 3.22. The summed E-state index contributed by atoms with van der Waals surface area (Å²) < 4.78 is 0. The van der Waals surface area contributed by atoms with Gasteiger partial charge in [-0.2, -0.15) is 11.8 Å². The van der Waals surface area contributed by atoms with E-state index in [9.17, 15) is 9.90 Å². The highest BCUT2D eigenvalue weighted by molar-refractivity contribution is 8.00. The number of nitrogens with one attached hydrogen (secondary N) is 1. The van der Waals surface area contributed by atoms with Crippen LogP contribution in [0.25, 0.3) is 0 Å². The van der Waals surface area contributed by atoms with Gasteiger partial charge in [0.1, 0.15) is 5.54 Å². The van der Waals surface area contributed by atoms with Crippen molar-refractivity contribution in [1.82, 2.24) is 5.32 Å². The van der Waals surface area contributed by atoms with Crippen LogP contribution in [0.4, 0.5) is 0 Å². The molecule has 108 valence electrons. The Morgan fingerprint density at radius 2 is 1.79 bits per heavy atom. The quantitative estimate of drug-likeness (QED) is 0.754. The van der Waals surface area contributed by atoms with Crippen molar-refractivity contribution in [2.45, 2.75) is 74.6 Å². The van der Waals surface area contributed by atoms with Gasteiger partial charge in [-0.05, 0) is 44.4 Å². The van der Waals surface area contributed by atoms with Gasteiger partial charge in [-0.1, -0.05) is 19.3 Å². The van der Waals surface area contributed by atoms with Gasteiger partial charge < -0.3 is 5.11 Å². The molecule has 0 aromatic carbocycles. The summed E-state index contributed by atoms with van der Waals surface area (Å²) in [6, 6.07) is 0.476. The molecule has 1 atom stereocenters. The first-order chi connectivity index (χ1) is 9.21. The van der Waals surface area contributed by atoms with E-state index in [2.05, 4.69) is 5.32 Å². The van der Waals surface area contributed by atoms with Gasteiger partial charge in [0.2, 0.25) is 0 Å². The van der Waals surface area contributed by atoms with Crippen molar-refractivity contribution in [3.63, 3.8) is 0 Å². The Labute approximate surface area is 119 Å². The summed E-state index contributed by atoms with van der Waals surface area (Å²) >= 11 is 1.93. The standard InChI is InChI=1S/C15H25NO2S/c17-14(18)15(11-6-7-11,16-12-8-9-12)10-19-13-4-2-1-3-5-13/h11-13,16H,1-10H2,(H,17,18). The molecule has 3 rings (SSSR count). The first kappa shape index (κ1) is 13.7. The molecule has 4 heteroatoms. The van der Waals surface area contributed by atoms with Gasteiger partial charge >= 0.3 is 5.97 Å². The van der Waals surface area contributed by atoms with Crippen molar-refractivity contribution in [2.24, 2.45) is 5.92 Å². The van der Waals surface area contributed by atoms with Crippen LogP contribution in [0.15, 0.2) is 0 Å². The first-order valence-electron chi connectivity index (χ1n) is 7.83. The summed E-state index contributed by atoms with van der Waals surface area (Å²) in [5.74, 6) is 0.542. The van der Waals surface area contributed by atoms with Gasteiger partial charge in [0, 0.05) is 17.0 Å². The monoisotopic (exact) mass is 283 g/mol. The second kappa shape index (κ2) is 5.65. The Morgan fingerprint density at radius 1 is 1.11 bits per heavy atom. The van der Waals surface area contributed by atoms with Gasteiger partial charge in [0.05, 0.1) is 0 Å². The molecule has 3 fully saturated rings. The van der Waals surface area contributed by atoms with E-state index in [0.29, 0.717) is 17.2 Å². The van der Waals surface area contributed by atoms with E-state index in [1.807, 2.05) is 11.8 Å². The highest BCUT2D eigenvalue weighted by Crippen LogP contribution is 2.44. The Kier molecular flexibility index (Phi) is 4.08. The van der Waals surface area contributed by atoms with Crippen LogP contribution in [-0.4, -0.2) is 33.7 Å². The summed E-state index contributed by atoms with van der Waals surface area (Å²) in [6.45, 7) is 0. The smallest absolute Gasteiger partial charge is 0.325 e. The van der Waals surface area contributed by atoms with Crippen molar-refractivity contribution in [3.05, 3.63) is 0 Å². The van der Waals surface area contributed by atoms with Crippen LogP contribution in [0.2, 0.25) is 0 Å². The van der Waals surface area contributed by atoms with Crippen molar-refractivity contribution >= 4 is 17.7 Å². The maximum absolute atomic E-state index is 11.9. The van der Waals surface area contributed by atoms with E-state index >= 15 is 0 Å². The van der Waals surface area contributed by atoms with Gasteiger partial charge in [-0.25, -0.2) is 0 Å². The number of aliphatic carboxylic acids is 1. The van der Waals surface area contributed by atoms with Crippen molar-refractivity contribution in [1.29, 1.82) is 0 Å². The molecule has 0 aromatic rings. The third kappa shape index (κ3) is 3.27. The minimum absolute atomic E-state index is 0.377. The number of hydrogen-bond acceptors (Lipinski definition) is 3. The minimum Gasteiger partial charge on any atom is -0.480 e. The second-order valence-electron chi connectivity index (χ2n) is 6.54. The Morgan fingerprint density at radius 3 is 2.32 bits per heavy atom. The summed E-state index contributed by atoms with van der Waals surface area (Å²) in [6.07, 6.45) is 11.1. The van der Waals surface area contributed by atoms with E-state index in [0.717, 1.165) is 31.4 Å². The third-order valence-electron chi connectivity index (χ3n) is 4.79. The van der Waals surface area contributed by atoms with Gasteiger partial charge in [-0.3, -0.25) is 10.1 Å². The molecule has 0 bridgehead atoms. The Balaban J connectivity index is 1.61. The van der Waals surface area contributed by atoms with Crippen LogP contribution in [0.1, 0.15) is 57.8 Å². The second-order valence-corrected chi connectivity index (χ2v) is 7.83. The van der Waals surface area contributed by atoms with Gasteiger partial charge in [0.25, 0.3) is 0 Å². The first-order valence-corrected chi connectivity index (χ1v) is 8.88. The van der Waals surface area contributed by atoms with Crippen LogP contribution in [0, 0.1) is 5.92 Å². The molecule has 0 heterocycles. The summed E-state index contributed by atoms with van der Waals surface area (Å²) in [4.78, 5) is 11.9. The Hall–Kier alpha value is -0.220. The van der Waals surface area contributed by atoms with Crippen LogP contribution in [0.3, 0.4) is 0 Å². The van der Waals surface area contributed by atoms with Gasteiger partial charge in [0.15, 0.2) is 0 Å². The minimum atomic E-state index is -0.622. The van der Waals surface area contributed by atoms with Crippen LogP contribution in [-0.2, 0) is 4.79 Å². The van der Waals surface area contributed by atoms with E-state index in [-0.39, 0.29) is 0 Å². The predicted octanol–water partition coefficient (Wildman–Crippen LogP) is 3.04. The average molecular weight is 283 g/mol. The van der Waals surface area contributed by atoms with Crippen LogP contribution < -0.4 is 5.32 Å². The highest BCUT2D eigenvalue weighted by atomic mass is 32.2. The molecule has 3 aliphatic carbocycles. The Bertz CT molecular complexity index is 335. The zero-order valence-electron chi connectivity index (χ0n) is 11.6. The van der Waals surface area contributed by atoms with Crippen molar-refractivity contribution in [2.75, 3.05) is 5.75 Å². The van der Waals surface area contributed by atoms with E-state index in [4.69, 9.17) is 0 Å². The maximum Gasteiger partial charge on any atom is 0.325 e. The summed E-state index contributed by atoms with van der Waals surface area (Å²) in [5, 5.41) is 14.0. The number of thioether (sulfide) groups is 1. The fourth-order valence-corrected chi connectivity index (χ4v) is 4.83. The van der Waals surface area contributed by atoms with Crippen molar-refractivity contribution < 1.29 is 9.90 Å². The summed E-state index contributed by atoms with van der Waals surface area (Å²) in [5.41, 5.74) is -0.622. The molecule has 0 spiro atoms. The molecule has 0 amide bonds. The third-order valence-corrected chi connectivity index (χ3v) is 6.36. The summed E-state index contributed by atoms with van der Waals surface area (Å²) in [7, 11) is 0. The number of rotatable bonds is 7. The maximum atomic E-state index is 11.9. The van der Waals surface area contributed by atoms with Crippen LogP contribution in [0.5, 0.6) is 0 Å². The molecule has 19 heavy (non-hydrogen) atoms. The fraction of sp³-hybridized carbons (Fsp3) is 0.933. The van der Waals surface area contributed by atoms with Gasteiger partial charge in [-0.15, -0.1) is 0 Å². The van der Waals surface area contributed by atoms with E-state index < -0.39 is 11.5 Å². The molecule has 1 unspecified atom stereocenters. The molecular formula is C15H25NO2S. The zero-order chi connectivity index (χ0) is 13.3. The molecule has 3 nitrogen and oxygen atoms in total. The predicted molar refractivity (Wildman–Crippen MR) is 78.6 cm³/mol. The SMILES string of the molecule is O=C(O)C(CSC1CCCCC1)(NC1CC1)C1CC1. The van der Waals surface area contributed by atoms with E-state index in [1.54, 1.807) is 0 Å². The number of carbonyl (C=O) groups is 1. The zero-order valence-corrected chi connectivity index (χ0v) is 12.4. The average Bonchev–Trinajstić information content (AvgIpc) is 3.28. The number of carboxylic acids is 1. The molecule has 2 N–H and O–H groups in total. The molecule has 3 aliphatic rings. The number of carboxylic acid groups (broad SMARTS) is 1. The van der Waals surface area contributed by atoms with E-state index in [1.165, 1.54) is 32.1 Å². The molecule has 0 saturated heterocycles. The lowest BCUT2D eigenvalue weighted by Crippen LogP contribution is -2.57. The lowest BCUT2D eigenvalue weighted by molar-refractivity contribution is -0.145. The molecule has 0 radical (unpaired) electrons. The molecule has 3 saturated carbocycles. The van der Waals surface area contributed by atoms with Crippen LogP contribution >= 0.6 is 11.8 Å². The molecule has 0 aliphatic heterocycles. The molecule has 0 aromatic heterocycles. The van der Waals surface area contributed by atoms with Crippen molar-refractivity contribution in [3.8, 4) is 0 Å². The topological polar surface area (TPSA) is 49.3 Å². The lowest BCUT2D eigenvalue weighted by atomic mass is 9.95. The lowest BCUT2D eigenvalue weighted by Gasteiger charge is -2.33. The highest BCUT2D eigenvalue weighted by Gasteiger charge is 2.53. The number of hydrogen-bond donors (Lipinski definition) is 2. The molecular weight excluding hydrogens is 258 g/mol.